The molecule has 4 rings (SSSR count). The molecule has 2 heterocycles. The van der Waals surface area contributed by atoms with Crippen LogP contribution >= 0.6 is 22.7 Å². The minimum absolute atomic E-state index is 0.340. The first-order valence-corrected chi connectivity index (χ1v) is 12.1. The van der Waals surface area contributed by atoms with Crippen molar-refractivity contribution in [2.45, 2.75) is 0 Å². The number of carbonyl (C=O) groups excluding carboxylic acids is 1. The van der Waals surface area contributed by atoms with Crippen LogP contribution in [0.2, 0.25) is 0 Å². The largest absolute Gasteiger partial charge is 0.497 e. The number of methoxy groups -OCH3 is 4. The molecule has 0 aliphatic rings. The van der Waals surface area contributed by atoms with Crippen molar-refractivity contribution in [3.63, 3.8) is 0 Å². The second-order valence-corrected chi connectivity index (χ2v) is 9.02. The highest BCUT2D eigenvalue weighted by Gasteiger charge is 2.18. The highest BCUT2D eigenvalue weighted by atomic mass is 32.1. The summed E-state index contributed by atoms with van der Waals surface area (Å²) >= 11 is 2.88. The molecule has 180 valence electrons. The van der Waals surface area contributed by atoms with E-state index < -0.39 is 0 Å². The molecule has 4 aromatic rings. The Balaban J connectivity index is 1.73. The average Bonchev–Trinajstić information content (AvgIpc) is 3.56. The minimum Gasteiger partial charge on any atom is -0.497 e. The number of rotatable bonds is 9. The van der Waals surface area contributed by atoms with Gasteiger partial charge in [0, 0.05) is 16.5 Å². The van der Waals surface area contributed by atoms with E-state index in [4.69, 9.17) is 18.9 Å². The lowest BCUT2D eigenvalue weighted by Gasteiger charge is -2.14. The van der Waals surface area contributed by atoms with Crippen molar-refractivity contribution < 1.29 is 23.7 Å². The molecular formula is C25H23N3O5S2. The van der Waals surface area contributed by atoms with Crippen LogP contribution < -0.4 is 24.0 Å². The molecule has 10 heteroatoms. The van der Waals surface area contributed by atoms with Crippen LogP contribution in [0.1, 0.15) is 10.4 Å². The Morgan fingerprint density at radius 1 is 1.00 bits per heavy atom. The van der Waals surface area contributed by atoms with Crippen LogP contribution in [0.3, 0.4) is 0 Å². The summed E-state index contributed by atoms with van der Waals surface area (Å²) in [5.41, 5.74) is 1.40. The maximum atomic E-state index is 13.2. The van der Waals surface area contributed by atoms with Gasteiger partial charge in [0.2, 0.25) is 10.9 Å². The highest BCUT2D eigenvalue weighted by Crippen LogP contribution is 2.38. The van der Waals surface area contributed by atoms with Crippen LogP contribution in [-0.2, 0) is 4.79 Å². The zero-order valence-corrected chi connectivity index (χ0v) is 21.2. The van der Waals surface area contributed by atoms with Gasteiger partial charge < -0.3 is 18.9 Å². The van der Waals surface area contributed by atoms with E-state index in [1.165, 1.54) is 40.9 Å². The highest BCUT2D eigenvalue weighted by molar-refractivity contribution is 7.22. The van der Waals surface area contributed by atoms with E-state index in [0.717, 1.165) is 15.1 Å². The van der Waals surface area contributed by atoms with Gasteiger partial charge in [0.15, 0.2) is 11.5 Å². The van der Waals surface area contributed by atoms with Crippen molar-refractivity contribution in [2.75, 3.05) is 33.4 Å². The quantitative estimate of drug-likeness (QED) is 0.169. The molecule has 0 unspecified atom stereocenters. The number of thiazole rings is 1. The summed E-state index contributed by atoms with van der Waals surface area (Å²) in [4.78, 5) is 18.8. The Labute approximate surface area is 210 Å². The van der Waals surface area contributed by atoms with Crippen molar-refractivity contribution >= 4 is 56.2 Å². The zero-order chi connectivity index (χ0) is 24.8. The average molecular weight is 510 g/mol. The first kappa shape index (κ1) is 24.2. The Kier molecular flexibility index (Phi) is 7.64. The van der Waals surface area contributed by atoms with E-state index in [1.807, 2.05) is 35.7 Å². The molecule has 0 radical (unpaired) electrons. The summed E-state index contributed by atoms with van der Waals surface area (Å²) in [5, 5.41) is 8.13. The van der Waals surface area contributed by atoms with Crippen LogP contribution in [0, 0.1) is 0 Å². The third-order valence-electron chi connectivity index (χ3n) is 4.92. The van der Waals surface area contributed by atoms with Crippen molar-refractivity contribution in [3.8, 4) is 23.0 Å². The van der Waals surface area contributed by atoms with Gasteiger partial charge in [-0.2, -0.15) is 10.1 Å². The normalized spacial score (nSPS) is 11.3. The summed E-state index contributed by atoms with van der Waals surface area (Å²) < 4.78 is 22.4. The summed E-state index contributed by atoms with van der Waals surface area (Å²) in [7, 11) is 6.23. The van der Waals surface area contributed by atoms with E-state index in [1.54, 1.807) is 45.8 Å². The van der Waals surface area contributed by atoms with Gasteiger partial charge in [0.05, 0.1) is 44.9 Å². The molecule has 0 fully saturated rings. The van der Waals surface area contributed by atoms with Gasteiger partial charge in [-0.05, 0) is 47.9 Å². The number of hydrazone groups is 1. The summed E-state index contributed by atoms with van der Waals surface area (Å²) in [6.45, 7) is 0. The molecule has 0 saturated heterocycles. The molecule has 0 aliphatic heterocycles. The molecular weight excluding hydrogens is 486 g/mol. The molecule has 0 atom stereocenters. The molecule has 8 nitrogen and oxygen atoms in total. The van der Waals surface area contributed by atoms with Crippen LogP contribution in [0.5, 0.6) is 23.0 Å². The van der Waals surface area contributed by atoms with Crippen LogP contribution in [0.4, 0.5) is 5.13 Å². The third kappa shape index (κ3) is 5.44. The van der Waals surface area contributed by atoms with Crippen LogP contribution in [0.25, 0.3) is 16.3 Å². The van der Waals surface area contributed by atoms with E-state index in [0.29, 0.717) is 33.7 Å². The Morgan fingerprint density at radius 3 is 2.40 bits per heavy atom. The fraction of sp³-hybridized carbons (Fsp3) is 0.160. The molecule has 0 bridgehead atoms. The molecule has 0 spiro atoms. The minimum atomic E-state index is -0.340. The van der Waals surface area contributed by atoms with Gasteiger partial charge in [0.1, 0.15) is 5.75 Å². The number of nitrogens with zero attached hydrogens (tertiary/aromatic N) is 3. The van der Waals surface area contributed by atoms with Gasteiger partial charge in [0.25, 0.3) is 5.91 Å². The summed E-state index contributed by atoms with van der Waals surface area (Å²) in [6.07, 6.45) is 4.78. The van der Waals surface area contributed by atoms with Gasteiger partial charge in [-0.25, -0.2) is 4.98 Å². The number of fused-ring (bicyclic) bond motifs is 1. The molecule has 0 saturated carbocycles. The lowest BCUT2D eigenvalue weighted by atomic mass is 10.2. The SMILES string of the molecule is COc1ccc2nc(N(/N=C/c3cc(OC)c(OC)c(OC)c3)C(=O)/C=C/c3cccs3)sc2c1. The number of ether oxygens (including phenoxy) is 4. The molecule has 1 amide bonds. The van der Waals surface area contributed by atoms with E-state index in [-0.39, 0.29) is 5.91 Å². The van der Waals surface area contributed by atoms with E-state index in [2.05, 4.69) is 10.1 Å². The van der Waals surface area contributed by atoms with Crippen molar-refractivity contribution in [1.82, 2.24) is 4.98 Å². The van der Waals surface area contributed by atoms with E-state index >= 15 is 0 Å². The monoisotopic (exact) mass is 509 g/mol. The lowest BCUT2D eigenvalue weighted by molar-refractivity contribution is -0.114. The first-order chi connectivity index (χ1) is 17.1. The number of hydrogen-bond donors (Lipinski definition) is 0. The topological polar surface area (TPSA) is 82.5 Å². The van der Waals surface area contributed by atoms with Gasteiger partial charge in [-0.1, -0.05) is 17.4 Å². The van der Waals surface area contributed by atoms with Gasteiger partial charge >= 0.3 is 0 Å². The number of amides is 1. The smallest absolute Gasteiger partial charge is 0.273 e. The third-order valence-corrected chi connectivity index (χ3v) is 6.75. The molecule has 2 aromatic heterocycles. The Hall–Kier alpha value is -3.89. The van der Waals surface area contributed by atoms with Crippen LogP contribution in [-0.4, -0.2) is 45.5 Å². The summed E-state index contributed by atoms with van der Waals surface area (Å²) in [6, 6.07) is 12.9. The predicted molar refractivity (Wildman–Crippen MR) is 141 cm³/mol. The number of thiophene rings is 1. The van der Waals surface area contributed by atoms with Crippen LogP contribution in [0.15, 0.2) is 59.0 Å². The number of aromatic nitrogens is 1. The molecule has 0 N–H and O–H groups in total. The second kappa shape index (κ2) is 11.0. The Morgan fingerprint density at radius 2 is 1.77 bits per heavy atom. The number of carbonyl (C=O) groups is 1. The Bertz CT molecular complexity index is 1350. The number of hydrogen-bond acceptors (Lipinski definition) is 9. The lowest BCUT2D eigenvalue weighted by Crippen LogP contribution is -2.23. The zero-order valence-electron chi connectivity index (χ0n) is 19.6. The second-order valence-electron chi connectivity index (χ2n) is 7.03. The van der Waals surface area contributed by atoms with Crippen molar-refractivity contribution in [2.24, 2.45) is 5.10 Å². The van der Waals surface area contributed by atoms with E-state index in [9.17, 15) is 4.79 Å². The van der Waals surface area contributed by atoms with Crippen molar-refractivity contribution in [1.29, 1.82) is 0 Å². The summed E-state index contributed by atoms with van der Waals surface area (Å²) in [5.74, 6) is 1.81. The number of anilines is 1. The van der Waals surface area contributed by atoms with Gasteiger partial charge in [-0.3, -0.25) is 4.79 Å². The molecule has 0 aliphatic carbocycles. The van der Waals surface area contributed by atoms with Crippen molar-refractivity contribution in [3.05, 3.63) is 64.4 Å². The standard InChI is InChI=1S/C25H23N3O5S2/c1-30-17-7-9-19-22(14-17)35-25(27-19)28(23(29)10-8-18-6-5-11-34-18)26-15-16-12-20(31-2)24(33-4)21(13-16)32-3/h5-15H,1-4H3/b10-8+,26-15+. The fourth-order valence-corrected chi connectivity index (χ4v) is 4.80. The first-order valence-electron chi connectivity index (χ1n) is 10.4. The van der Waals surface area contributed by atoms with Gasteiger partial charge in [-0.15, -0.1) is 11.3 Å². The molecule has 35 heavy (non-hydrogen) atoms. The molecule has 2 aromatic carbocycles. The maximum absolute atomic E-state index is 13.2. The number of benzene rings is 2. The predicted octanol–water partition coefficient (Wildman–Crippen LogP) is 5.47. The fourth-order valence-electron chi connectivity index (χ4n) is 3.22. The maximum Gasteiger partial charge on any atom is 0.273 e.